The number of benzene rings is 2. The van der Waals surface area contributed by atoms with E-state index in [0.29, 0.717) is 11.4 Å². The van der Waals surface area contributed by atoms with Crippen LogP contribution in [0.3, 0.4) is 0 Å². The second kappa shape index (κ2) is 5.92. The lowest BCUT2D eigenvalue weighted by Gasteiger charge is -2.27. The molecule has 19 heavy (non-hydrogen) atoms. The van der Waals surface area contributed by atoms with E-state index >= 15 is 0 Å². The average Bonchev–Trinajstić information content (AvgIpc) is 2.34. The van der Waals surface area contributed by atoms with Crippen LogP contribution in [0.4, 0.5) is 20.2 Å². The van der Waals surface area contributed by atoms with E-state index in [1.165, 1.54) is 41.4 Å². The van der Waals surface area contributed by atoms with E-state index in [-0.39, 0.29) is 5.02 Å². The molecule has 0 saturated heterocycles. The van der Waals surface area contributed by atoms with Crippen LogP contribution >= 0.6 is 35.2 Å². The molecule has 0 atom stereocenters. The SMILES string of the molecule is Fc1ccc(N(c2ccc(F)cc2Cl)N(Cl)Cl)cc1. The fourth-order valence-electron chi connectivity index (χ4n) is 1.54. The van der Waals surface area contributed by atoms with Crippen LogP contribution in [0.5, 0.6) is 0 Å². The van der Waals surface area contributed by atoms with E-state index in [1.807, 2.05) is 0 Å². The highest BCUT2D eigenvalue weighted by molar-refractivity contribution is 6.36. The van der Waals surface area contributed by atoms with Crippen molar-refractivity contribution in [1.29, 1.82) is 0 Å². The number of halogens is 5. The summed E-state index contributed by atoms with van der Waals surface area (Å²) in [7, 11) is 0. The number of rotatable bonds is 3. The molecule has 0 N–H and O–H groups in total. The maximum Gasteiger partial charge on any atom is 0.124 e. The van der Waals surface area contributed by atoms with E-state index in [2.05, 4.69) is 0 Å². The summed E-state index contributed by atoms with van der Waals surface area (Å²) < 4.78 is 26.7. The first kappa shape index (κ1) is 14.3. The Morgan fingerprint density at radius 2 is 1.42 bits per heavy atom. The normalized spacial score (nSPS) is 10.8. The molecule has 2 nitrogen and oxygen atoms in total. The predicted molar refractivity (Wildman–Crippen MR) is 73.5 cm³/mol. The summed E-state index contributed by atoms with van der Waals surface area (Å²) in [4.78, 5) is 0. The number of hydrazine groups is 1. The Bertz CT molecular complexity index is 576. The van der Waals surface area contributed by atoms with Gasteiger partial charge >= 0.3 is 0 Å². The Morgan fingerprint density at radius 3 is 1.95 bits per heavy atom. The molecule has 0 heterocycles. The molecule has 100 valence electrons. The third-order valence-corrected chi connectivity index (χ3v) is 2.97. The van der Waals surface area contributed by atoms with Gasteiger partial charge in [0.05, 0.1) is 16.4 Å². The Balaban J connectivity index is 2.48. The quantitative estimate of drug-likeness (QED) is 0.560. The molecule has 0 aliphatic heterocycles. The van der Waals surface area contributed by atoms with Gasteiger partial charge in [-0.25, -0.2) is 13.8 Å². The van der Waals surface area contributed by atoms with Gasteiger partial charge in [-0.15, -0.1) is 0 Å². The van der Waals surface area contributed by atoms with Gasteiger partial charge in [-0.1, -0.05) is 11.6 Å². The van der Waals surface area contributed by atoms with Gasteiger partial charge in [0.1, 0.15) is 11.6 Å². The highest BCUT2D eigenvalue weighted by atomic mass is 35.5. The van der Waals surface area contributed by atoms with Gasteiger partial charge in [-0.05, 0) is 46.5 Å². The first-order chi connectivity index (χ1) is 8.99. The molecule has 2 aromatic rings. The number of hydrogen-bond donors (Lipinski definition) is 0. The summed E-state index contributed by atoms with van der Waals surface area (Å²) >= 11 is 17.4. The molecule has 0 aromatic heterocycles. The lowest BCUT2D eigenvalue weighted by Crippen LogP contribution is -2.24. The standard InChI is InChI=1S/C12H7Cl3F2N2/c13-11-7-9(17)3-6-12(11)18(19(14)15)10-4-1-8(16)2-5-10/h1-7H. The second-order valence-corrected chi connectivity index (χ2v) is 4.82. The zero-order valence-corrected chi connectivity index (χ0v) is 11.6. The number of anilines is 2. The van der Waals surface area contributed by atoms with Crippen molar-refractivity contribution in [2.45, 2.75) is 0 Å². The van der Waals surface area contributed by atoms with Crippen molar-refractivity contribution >= 4 is 46.5 Å². The number of hydrogen-bond acceptors (Lipinski definition) is 2. The van der Waals surface area contributed by atoms with Crippen LogP contribution in [0.25, 0.3) is 0 Å². The molecule has 0 aliphatic carbocycles. The lowest BCUT2D eigenvalue weighted by molar-refractivity contribution is 0.625. The Labute approximate surface area is 123 Å². The summed E-state index contributed by atoms with van der Waals surface area (Å²) in [5.74, 6) is -0.881. The Hall–Kier alpha value is -1.07. The fraction of sp³-hybridized carbons (Fsp3) is 0. The first-order valence-corrected chi connectivity index (χ1v) is 6.17. The van der Waals surface area contributed by atoms with Crippen LogP contribution in [0.15, 0.2) is 42.5 Å². The van der Waals surface area contributed by atoms with Crippen molar-refractivity contribution in [2.75, 3.05) is 5.01 Å². The number of nitrogens with zero attached hydrogens (tertiary/aromatic N) is 2. The van der Waals surface area contributed by atoms with E-state index in [4.69, 9.17) is 35.2 Å². The fourth-order valence-corrected chi connectivity index (χ4v) is 2.13. The van der Waals surface area contributed by atoms with Crippen molar-refractivity contribution < 1.29 is 8.78 Å². The highest BCUT2D eigenvalue weighted by Gasteiger charge is 2.18. The maximum absolute atomic E-state index is 13.0. The molecule has 2 rings (SSSR count). The summed E-state index contributed by atoms with van der Waals surface area (Å²) in [5, 5.41) is 1.42. The Morgan fingerprint density at radius 1 is 0.842 bits per heavy atom. The largest absolute Gasteiger partial charge is 0.244 e. The van der Waals surface area contributed by atoms with Crippen LogP contribution in [0.1, 0.15) is 0 Å². The summed E-state index contributed by atoms with van der Waals surface area (Å²) in [6.07, 6.45) is 0. The molecule has 0 bridgehead atoms. The van der Waals surface area contributed by atoms with Gasteiger partial charge in [-0.3, -0.25) is 0 Å². The maximum atomic E-state index is 13.0. The van der Waals surface area contributed by atoms with Crippen molar-refractivity contribution in [2.24, 2.45) is 0 Å². The van der Waals surface area contributed by atoms with Crippen LogP contribution < -0.4 is 5.01 Å². The second-order valence-electron chi connectivity index (χ2n) is 3.60. The molecule has 0 radical (unpaired) electrons. The molecule has 0 saturated carbocycles. The molecular weight excluding hydrogens is 317 g/mol. The molecule has 7 heteroatoms. The predicted octanol–water partition coefficient (Wildman–Crippen LogP) is 5.28. The topological polar surface area (TPSA) is 6.48 Å². The summed E-state index contributed by atoms with van der Waals surface area (Å²) in [6.45, 7) is 0. The summed E-state index contributed by atoms with van der Waals surface area (Å²) in [6, 6.07) is 9.19. The minimum Gasteiger partial charge on any atom is -0.244 e. The zero-order valence-electron chi connectivity index (χ0n) is 9.33. The van der Waals surface area contributed by atoms with Crippen molar-refractivity contribution in [3.05, 3.63) is 59.1 Å². The third kappa shape index (κ3) is 3.28. The molecule has 0 aliphatic rings. The van der Waals surface area contributed by atoms with E-state index in [1.54, 1.807) is 0 Å². The molecule has 2 aromatic carbocycles. The van der Waals surface area contributed by atoms with Crippen LogP contribution in [-0.2, 0) is 0 Å². The van der Waals surface area contributed by atoms with Gasteiger partial charge in [0.2, 0.25) is 0 Å². The van der Waals surface area contributed by atoms with Gasteiger partial charge in [0.25, 0.3) is 0 Å². The monoisotopic (exact) mass is 322 g/mol. The van der Waals surface area contributed by atoms with E-state index in [0.717, 1.165) is 10.1 Å². The Kier molecular flexibility index (Phi) is 4.47. The van der Waals surface area contributed by atoms with Crippen molar-refractivity contribution in [3.8, 4) is 0 Å². The molecular formula is C12H7Cl3F2N2. The molecule has 0 amide bonds. The van der Waals surface area contributed by atoms with Gasteiger partial charge in [-0.2, -0.15) is 0 Å². The van der Waals surface area contributed by atoms with Crippen molar-refractivity contribution in [1.82, 2.24) is 4.05 Å². The minimum absolute atomic E-state index is 0.121. The first-order valence-electron chi connectivity index (χ1n) is 5.11. The van der Waals surface area contributed by atoms with E-state index in [9.17, 15) is 8.78 Å². The van der Waals surface area contributed by atoms with Crippen LogP contribution in [0.2, 0.25) is 5.02 Å². The summed E-state index contributed by atoms with van der Waals surface area (Å²) in [5.41, 5.74) is 0.833. The molecule has 0 unspecified atom stereocenters. The highest BCUT2D eigenvalue weighted by Crippen LogP contribution is 2.35. The average molecular weight is 324 g/mol. The van der Waals surface area contributed by atoms with Gasteiger partial charge in [0.15, 0.2) is 0 Å². The van der Waals surface area contributed by atoms with Gasteiger partial charge in [0, 0.05) is 23.6 Å². The van der Waals surface area contributed by atoms with Crippen LogP contribution in [0, 0.1) is 11.6 Å². The smallest absolute Gasteiger partial charge is 0.124 e. The zero-order chi connectivity index (χ0) is 14.0. The third-order valence-electron chi connectivity index (χ3n) is 2.36. The molecule has 0 spiro atoms. The van der Waals surface area contributed by atoms with Gasteiger partial charge < -0.3 is 0 Å². The van der Waals surface area contributed by atoms with E-state index < -0.39 is 11.6 Å². The molecule has 0 fully saturated rings. The van der Waals surface area contributed by atoms with Crippen LogP contribution in [-0.4, -0.2) is 4.05 Å². The minimum atomic E-state index is -0.483. The van der Waals surface area contributed by atoms with Crippen molar-refractivity contribution in [3.63, 3.8) is 0 Å². The lowest BCUT2D eigenvalue weighted by atomic mass is 10.2.